The fourth-order valence-electron chi connectivity index (χ4n) is 2.10. The summed E-state index contributed by atoms with van der Waals surface area (Å²) in [6.07, 6.45) is 2.75. The second kappa shape index (κ2) is 4.97. The van der Waals surface area contributed by atoms with E-state index in [4.69, 9.17) is 11.5 Å². The summed E-state index contributed by atoms with van der Waals surface area (Å²) in [6, 6.07) is 3.58. The number of halogens is 1. The average Bonchev–Trinajstić information content (AvgIpc) is 2.29. The van der Waals surface area contributed by atoms with E-state index in [0.717, 1.165) is 25.3 Å². The van der Waals surface area contributed by atoms with E-state index in [-0.39, 0.29) is 23.6 Å². The lowest BCUT2D eigenvalue weighted by Gasteiger charge is -2.37. The van der Waals surface area contributed by atoms with Crippen molar-refractivity contribution in [1.29, 1.82) is 0 Å². The fourth-order valence-corrected chi connectivity index (χ4v) is 2.10. The lowest BCUT2D eigenvalue weighted by molar-refractivity contribution is -0.118. The molecule has 0 unspecified atom stereocenters. The van der Waals surface area contributed by atoms with E-state index in [1.54, 1.807) is 0 Å². The van der Waals surface area contributed by atoms with Crippen molar-refractivity contribution >= 4 is 17.5 Å². The molecule has 2 amide bonds. The van der Waals surface area contributed by atoms with Gasteiger partial charge in [-0.1, -0.05) is 0 Å². The van der Waals surface area contributed by atoms with Gasteiger partial charge in [-0.05, 0) is 37.5 Å². The van der Waals surface area contributed by atoms with E-state index in [1.165, 1.54) is 12.1 Å². The summed E-state index contributed by atoms with van der Waals surface area (Å²) >= 11 is 0. The molecule has 0 saturated heterocycles. The summed E-state index contributed by atoms with van der Waals surface area (Å²) in [4.78, 5) is 22.8. The van der Waals surface area contributed by atoms with E-state index < -0.39 is 17.3 Å². The zero-order chi connectivity index (χ0) is 14.0. The second-order valence-corrected chi connectivity index (χ2v) is 5.00. The van der Waals surface area contributed by atoms with Crippen molar-refractivity contribution < 1.29 is 14.0 Å². The van der Waals surface area contributed by atoms with Crippen LogP contribution in [0.15, 0.2) is 18.2 Å². The Bertz CT molecular complexity index is 527. The molecule has 0 bridgehead atoms. The van der Waals surface area contributed by atoms with Crippen molar-refractivity contribution in [3.63, 3.8) is 0 Å². The smallest absolute Gasteiger partial charge is 0.248 e. The normalized spacial score (nSPS) is 16.5. The minimum atomic E-state index is -0.676. The number of primary amides is 1. The number of benzene rings is 1. The van der Waals surface area contributed by atoms with Crippen LogP contribution in [0.3, 0.4) is 0 Å². The molecule has 1 aromatic rings. The SMILES string of the molecule is NC(=O)c1ccc(F)c(NC(=O)CC2(N)CCC2)c1. The first-order chi connectivity index (χ1) is 8.89. The number of nitrogens with one attached hydrogen (secondary N) is 1. The molecule has 5 N–H and O–H groups in total. The molecule has 6 heteroatoms. The van der Waals surface area contributed by atoms with Gasteiger partial charge in [0.2, 0.25) is 11.8 Å². The lowest BCUT2D eigenvalue weighted by Crippen LogP contribution is -2.49. The van der Waals surface area contributed by atoms with Gasteiger partial charge < -0.3 is 16.8 Å². The number of nitrogens with two attached hydrogens (primary N) is 2. The summed E-state index contributed by atoms with van der Waals surface area (Å²) in [5.74, 6) is -1.65. The maximum absolute atomic E-state index is 13.5. The van der Waals surface area contributed by atoms with Crippen molar-refractivity contribution in [2.45, 2.75) is 31.2 Å². The highest BCUT2D eigenvalue weighted by Gasteiger charge is 2.34. The van der Waals surface area contributed by atoms with E-state index >= 15 is 0 Å². The van der Waals surface area contributed by atoms with Gasteiger partial charge in [0.25, 0.3) is 0 Å². The van der Waals surface area contributed by atoms with Crippen LogP contribution in [0.1, 0.15) is 36.0 Å². The first-order valence-electron chi connectivity index (χ1n) is 6.08. The quantitative estimate of drug-likeness (QED) is 0.761. The Labute approximate surface area is 110 Å². The number of hydrogen-bond acceptors (Lipinski definition) is 3. The first-order valence-corrected chi connectivity index (χ1v) is 6.08. The Balaban J connectivity index is 2.07. The van der Waals surface area contributed by atoms with Crippen molar-refractivity contribution in [3.8, 4) is 0 Å². The number of amides is 2. The van der Waals surface area contributed by atoms with Crippen molar-refractivity contribution in [2.75, 3.05) is 5.32 Å². The summed E-state index contributed by atoms with van der Waals surface area (Å²) < 4.78 is 13.5. The van der Waals surface area contributed by atoms with Gasteiger partial charge in [-0.3, -0.25) is 9.59 Å². The van der Waals surface area contributed by atoms with Gasteiger partial charge in [0.15, 0.2) is 0 Å². The van der Waals surface area contributed by atoms with Crippen LogP contribution in [0.5, 0.6) is 0 Å². The molecular formula is C13H16FN3O2. The number of anilines is 1. The Morgan fingerprint density at radius 1 is 1.37 bits per heavy atom. The van der Waals surface area contributed by atoms with Crippen LogP contribution in [0.2, 0.25) is 0 Å². The minimum Gasteiger partial charge on any atom is -0.366 e. The third kappa shape index (κ3) is 3.08. The molecule has 19 heavy (non-hydrogen) atoms. The molecule has 0 atom stereocenters. The first kappa shape index (κ1) is 13.5. The third-order valence-electron chi connectivity index (χ3n) is 3.39. The van der Waals surface area contributed by atoms with E-state index in [9.17, 15) is 14.0 Å². The van der Waals surface area contributed by atoms with E-state index in [1.807, 2.05) is 0 Å². The number of carbonyl (C=O) groups excluding carboxylic acids is 2. The van der Waals surface area contributed by atoms with Crippen LogP contribution in [0.4, 0.5) is 10.1 Å². The fraction of sp³-hybridized carbons (Fsp3) is 0.385. The molecule has 1 aliphatic carbocycles. The van der Waals surface area contributed by atoms with Crippen molar-refractivity contribution in [1.82, 2.24) is 0 Å². The predicted molar refractivity (Wildman–Crippen MR) is 68.9 cm³/mol. The summed E-state index contributed by atoms with van der Waals surface area (Å²) in [5, 5.41) is 2.43. The number of carbonyl (C=O) groups is 2. The van der Waals surface area contributed by atoms with Gasteiger partial charge in [-0.25, -0.2) is 4.39 Å². The van der Waals surface area contributed by atoms with Gasteiger partial charge in [-0.15, -0.1) is 0 Å². The van der Waals surface area contributed by atoms with Crippen LogP contribution < -0.4 is 16.8 Å². The van der Waals surface area contributed by atoms with Crippen LogP contribution in [-0.4, -0.2) is 17.4 Å². The molecule has 1 fully saturated rings. The monoisotopic (exact) mass is 265 g/mol. The Morgan fingerprint density at radius 3 is 2.58 bits per heavy atom. The summed E-state index contributed by atoms with van der Waals surface area (Å²) in [5.41, 5.74) is 10.7. The van der Waals surface area contributed by atoms with E-state index in [2.05, 4.69) is 5.32 Å². The van der Waals surface area contributed by atoms with Crippen molar-refractivity contribution in [2.24, 2.45) is 11.5 Å². The number of hydrogen-bond donors (Lipinski definition) is 3. The molecule has 0 spiro atoms. The molecule has 1 saturated carbocycles. The Morgan fingerprint density at radius 2 is 2.05 bits per heavy atom. The van der Waals surface area contributed by atoms with Crippen LogP contribution in [-0.2, 0) is 4.79 Å². The van der Waals surface area contributed by atoms with Gasteiger partial charge in [-0.2, -0.15) is 0 Å². The lowest BCUT2D eigenvalue weighted by atomic mass is 9.75. The molecule has 0 heterocycles. The Kier molecular flexibility index (Phi) is 3.53. The molecule has 0 radical (unpaired) electrons. The van der Waals surface area contributed by atoms with Gasteiger partial charge in [0, 0.05) is 17.5 Å². The largest absolute Gasteiger partial charge is 0.366 e. The summed E-state index contributed by atoms with van der Waals surface area (Å²) in [6.45, 7) is 0. The summed E-state index contributed by atoms with van der Waals surface area (Å²) in [7, 11) is 0. The predicted octanol–water partition coefficient (Wildman–Crippen LogP) is 1.13. The minimum absolute atomic E-state index is 0.0516. The second-order valence-electron chi connectivity index (χ2n) is 5.00. The molecule has 102 valence electrons. The van der Waals surface area contributed by atoms with Crippen LogP contribution in [0.25, 0.3) is 0 Å². The molecule has 0 aromatic heterocycles. The molecular weight excluding hydrogens is 249 g/mol. The van der Waals surface area contributed by atoms with Crippen LogP contribution >= 0.6 is 0 Å². The number of rotatable bonds is 4. The van der Waals surface area contributed by atoms with Crippen LogP contribution in [0, 0.1) is 5.82 Å². The zero-order valence-corrected chi connectivity index (χ0v) is 10.4. The standard InChI is InChI=1S/C13H16FN3O2/c14-9-3-2-8(12(15)19)6-10(9)17-11(18)7-13(16)4-1-5-13/h2-3,6H,1,4-5,7,16H2,(H2,15,19)(H,17,18). The molecule has 5 nitrogen and oxygen atoms in total. The highest BCUT2D eigenvalue weighted by Crippen LogP contribution is 2.32. The van der Waals surface area contributed by atoms with Gasteiger partial charge >= 0.3 is 0 Å². The molecule has 2 rings (SSSR count). The molecule has 1 aliphatic rings. The highest BCUT2D eigenvalue weighted by molar-refractivity contribution is 5.96. The average molecular weight is 265 g/mol. The van der Waals surface area contributed by atoms with Crippen molar-refractivity contribution in [3.05, 3.63) is 29.6 Å². The maximum atomic E-state index is 13.5. The highest BCUT2D eigenvalue weighted by atomic mass is 19.1. The maximum Gasteiger partial charge on any atom is 0.248 e. The molecule has 1 aromatic carbocycles. The molecule has 0 aliphatic heterocycles. The Hall–Kier alpha value is -1.95. The van der Waals surface area contributed by atoms with Gasteiger partial charge in [0.1, 0.15) is 5.82 Å². The van der Waals surface area contributed by atoms with Gasteiger partial charge in [0.05, 0.1) is 5.69 Å². The zero-order valence-electron chi connectivity index (χ0n) is 10.4. The van der Waals surface area contributed by atoms with E-state index in [0.29, 0.717) is 0 Å². The third-order valence-corrected chi connectivity index (χ3v) is 3.39. The topological polar surface area (TPSA) is 98.2 Å².